The van der Waals surface area contributed by atoms with E-state index in [1.54, 1.807) is 12.1 Å². The van der Waals surface area contributed by atoms with Crippen LogP contribution in [0.3, 0.4) is 0 Å². The number of rotatable bonds is 8. The van der Waals surface area contributed by atoms with Crippen LogP contribution in [0, 0.1) is 0 Å². The van der Waals surface area contributed by atoms with Crippen molar-refractivity contribution in [2.45, 2.75) is 45.3 Å². The predicted molar refractivity (Wildman–Crippen MR) is 106 cm³/mol. The van der Waals surface area contributed by atoms with Gasteiger partial charge in [0.1, 0.15) is 18.1 Å². The van der Waals surface area contributed by atoms with Crippen LogP contribution in [0.1, 0.15) is 43.5 Å². The highest BCUT2D eigenvalue weighted by Gasteiger charge is 2.16. The van der Waals surface area contributed by atoms with Crippen molar-refractivity contribution >= 4 is 11.6 Å². The molecule has 2 atom stereocenters. The summed E-state index contributed by atoms with van der Waals surface area (Å²) in [6, 6.07) is 14.6. The predicted octanol–water partition coefficient (Wildman–Crippen LogP) is 4.67. The molecule has 5 heteroatoms. The van der Waals surface area contributed by atoms with Crippen molar-refractivity contribution in [2.24, 2.45) is 0 Å². The van der Waals surface area contributed by atoms with Gasteiger partial charge < -0.3 is 19.5 Å². The van der Waals surface area contributed by atoms with Crippen molar-refractivity contribution in [3.8, 4) is 11.5 Å². The van der Waals surface area contributed by atoms with Crippen LogP contribution in [0.25, 0.3) is 0 Å². The molecule has 1 fully saturated rings. The Labute approximate surface area is 160 Å². The van der Waals surface area contributed by atoms with Crippen molar-refractivity contribution in [1.82, 2.24) is 0 Å². The molecule has 0 aromatic heterocycles. The third-order valence-electron chi connectivity index (χ3n) is 4.60. The number of nitrogens with one attached hydrogen (secondary N) is 1. The van der Waals surface area contributed by atoms with Crippen LogP contribution in [0.2, 0.25) is 0 Å². The van der Waals surface area contributed by atoms with Gasteiger partial charge in [-0.25, -0.2) is 0 Å². The normalized spacial score (nSPS) is 17.3. The molecule has 144 valence electrons. The minimum Gasteiger partial charge on any atom is -0.491 e. The molecule has 1 aliphatic heterocycles. The van der Waals surface area contributed by atoms with Gasteiger partial charge in [0.25, 0.3) is 5.91 Å². The Bertz CT molecular complexity index is 721. The lowest BCUT2D eigenvalue weighted by Gasteiger charge is -2.13. The zero-order valence-electron chi connectivity index (χ0n) is 15.9. The first-order valence-electron chi connectivity index (χ1n) is 9.56. The van der Waals surface area contributed by atoms with Gasteiger partial charge in [-0.3, -0.25) is 4.79 Å². The molecule has 3 rings (SSSR count). The molecule has 0 spiro atoms. The molecule has 27 heavy (non-hydrogen) atoms. The van der Waals surface area contributed by atoms with E-state index >= 15 is 0 Å². The summed E-state index contributed by atoms with van der Waals surface area (Å²) in [4.78, 5) is 12.4. The lowest BCUT2D eigenvalue weighted by Crippen LogP contribution is -2.16. The second kappa shape index (κ2) is 9.42. The Morgan fingerprint density at radius 2 is 1.85 bits per heavy atom. The van der Waals surface area contributed by atoms with E-state index in [1.165, 1.54) is 0 Å². The van der Waals surface area contributed by atoms with E-state index in [0.29, 0.717) is 12.2 Å². The monoisotopic (exact) mass is 369 g/mol. The number of amides is 1. The Morgan fingerprint density at radius 1 is 1.15 bits per heavy atom. The summed E-state index contributed by atoms with van der Waals surface area (Å²) < 4.78 is 17.0. The second-order valence-corrected chi connectivity index (χ2v) is 6.79. The fourth-order valence-electron chi connectivity index (χ4n) is 2.80. The molecule has 2 aromatic carbocycles. The molecule has 1 heterocycles. The minimum absolute atomic E-state index is 0.155. The van der Waals surface area contributed by atoms with Crippen LogP contribution in [-0.4, -0.2) is 31.3 Å². The molecule has 2 aromatic rings. The first kappa shape index (κ1) is 19.2. The highest BCUT2D eigenvalue weighted by molar-refractivity contribution is 6.04. The molecule has 0 aliphatic carbocycles. The van der Waals surface area contributed by atoms with Crippen molar-refractivity contribution in [2.75, 3.05) is 18.5 Å². The van der Waals surface area contributed by atoms with Crippen LogP contribution < -0.4 is 14.8 Å². The maximum absolute atomic E-state index is 12.4. The molecular weight excluding hydrogens is 342 g/mol. The molecule has 0 bridgehead atoms. The van der Waals surface area contributed by atoms with Crippen LogP contribution in [0.4, 0.5) is 5.69 Å². The average Bonchev–Trinajstić information content (AvgIpc) is 3.21. The van der Waals surface area contributed by atoms with E-state index in [1.807, 2.05) is 43.3 Å². The zero-order valence-corrected chi connectivity index (χ0v) is 15.9. The maximum Gasteiger partial charge on any atom is 0.255 e. The number of anilines is 1. The van der Waals surface area contributed by atoms with Gasteiger partial charge in [0, 0.05) is 17.9 Å². The van der Waals surface area contributed by atoms with Gasteiger partial charge in [-0.2, -0.15) is 0 Å². The quantitative estimate of drug-likeness (QED) is 0.734. The Morgan fingerprint density at radius 3 is 2.48 bits per heavy atom. The van der Waals surface area contributed by atoms with Crippen molar-refractivity contribution < 1.29 is 19.0 Å². The molecule has 2 unspecified atom stereocenters. The van der Waals surface area contributed by atoms with Crippen molar-refractivity contribution in [3.05, 3.63) is 54.1 Å². The lowest BCUT2D eigenvalue weighted by atomic mass is 10.2. The molecule has 5 nitrogen and oxygen atoms in total. The smallest absolute Gasteiger partial charge is 0.255 e. The van der Waals surface area contributed by atoms with E-state index in [-0.39, 0.29) is 18.1 Å². The van der Waals surface area contributed by atoms with Gasteiger partial charge in [-0.1, -0.05) is 6.92 Å². The summed E-state index contributed by atoms with van der Waals surface area (Å²) in [5.74, 6) is 1.39. The first-order valence-corrected chi connectivity index (χ1v) is 9.56. The number of benzene rings is 2. The zero-order chi connectivity index (χ0) is 19.1. The van der Waals surface area contributed by atoms with E-state index in [2.05, 4.69) is 12.2 Å². The summed E-state index contributed by atoms with van der Waals surface area (Å²) in [6.45, 7) is 5.49. The van der Waals surface area contributed by atoms with Crippen LogP contribution in [0.15, 0.2) is 48.5 Å². The SMILES string of the molecule is CCC(C)Oc1ccc(C(=O)Nc2ccc(OCC3CCCO3)cc2)cc1. The second-order valence-electron chi connectivity index (χ2n) is 6.79. The van der Waals surface area contributed by atoms with Gasteiger partial charge in [-0.15, -0.1) is 0 Å². The van der Waals surface area contributed by atoms with Crippen molar-refractivity contribution in [3.63, 3.8) is 0 Å². The molecule has 1 saturated heterocycles. The number of carbonyl (C=O) groups excluding carboxylic acids is 1. The summed E-state index contributed by atoms with van der Waals surface area (Å²) >= 11 is 0. The summed E-state index contributed by atoms with van der Waals surface area (Å²) in [7, 11) is 0. The molecule has 0 radical (unpaired) electrons. The first-order chi connectivity index (χ1) is 13.1. The standard InChI is InChI=1S/C22H27NO4/c1-3-16(2)27-20-10-6-17(7-11-20)22(24)23-18-8-12-19(13-9-18)26-15-21-5-4-14-25-21/h6-13,16,21H,3-5,14-15H2,1-2H3,(H,23,24). The highest BCUT2D eigenvalue weighted by atomic mass is 16.5. The maximum atomic E-state index is 12.4. The highest BCUT2D eigenvalue weighted by Crippen LogP contribution is 2.20. The summed E-state index contributed by atoms with van der Waals surface area (Å²) in [6.07, 6.45) is 3.44. The fourth-order valence-corrected chi connectivity index (χ4v) is 2.80. The number of hydrogen-bond acceptors (Lipinski definition) is 4. The Kier molecular flexibility index (Phi) is 6.71. The molecule has 1 aliphatic rings. The lowest BCUT2D eigenvalue weighted by molar-refractivity contribution is 0.0679. The Balaban J connectivity index is 1.51. The fraction of sp³-hybridized carbons (Fsp3) is 0.409. The van der Waals surface area contributed by atoms with Gasteiger partial charge in [0.05, 0.1) is 12.2 Å². The Hall–Kier alpha value is -2.53. The largest absolute Gasteiger partial charge is 0.491 e. The number of hydrogen-bond donors (Lipinski definition) is 1. The van der Waals surface area contributed by atoms with Gasteiger partial charge in [-0.05, 0) is 74.7 Å². The van der Waals surface area contributed by atoms with E-state index in [9.17, 15) is 4.79 Å². The third-order valence-corrected chi connectivity index (χ3v) is 4.60. The summed E-state index contributed by atoms with van der Waals surface area (Å²) in [5, 5.41) is 2.89. The molecular formula is C22H27NO4. The topological polar surface area (TPSA) is 56.8 Å². The van der Waals surface area contributed by atoms with E-state index in [0.717, 1.165) is 43.1 Å². The van der Waals surface area contributed by atoms with Crippen molar-refractivity contribution in [1.29, 1.82) is 0 Å². The van der Waals surface area contributed by atoms with Gasteiger partial charge in [0.2, 0.25) is 0 Å². The van der Waals surface area contributed by atoms with Crippen LogP contribution >= 0.6 is 0 Å². The van der Waals surface area contributed by atoms with Crippen LogP contribution in [-0.2, 0) is 4.74 Å². The number of ether oxygens (including phenoxy) is 3. The molecule has 1 amide bonds. The van der Waals surface area contributed by atoms with Gasteiger partial charge in [0.15, 0.2) is 0 Å². The third kappa shape index (κ3) is 5.73. The summed E-state index contributed by atoms with van der Waals surface area (Å²) in [5.41, 5.74) is 1.31. The number of carbonyl (C=O) groups is 1. The van der Waals surface area contributed by atoms with Gasteiger partial charge >= 0.3 is 0 Å². The average molecular weight is 369 g/mol. The minimum atomic E-state index is -0.155. The van der Waals surface area contributed by atoms with E-state index < -0.39 is 0 Å². The van der Waals surface area contributed by atoms with E-state index in [4.69, 9.17) is 14.2 Å². The molecule has 0 saturated carbocycles. The van der Waals surface area contributed by atoms with Crippen LogP contribution in [0.5, 0.6) is 11.5 Å². The molecule has 1 N–H and O–H groups in total.